The molecule has 128 valence electrons. The van der Waals surface area contributed by atoms with Crippen LogP contribution in [0.4, 0.5) is 4.79 Å². The summed E-state index contributed by atoms with van der Waals surface area (Å²) in [6, 6.07) is 8.22. The molecule has 1 aliphatic rings. The molecule has 0 radical (unpaired) electrons. The Labute approximate surface area is 138 Å². The first-order valence-corrected chi connectivity index (χ1v) is 8.19. The smallest absolute Gasteiger partial charge is 0.410 e. The third kappa shape index (κ3) is 4.94. The van der Waals surface area contributed by atoms with Crippen LogP contribution in [-0.4, -0.2) is 59.4 Å². The van der Waals surface area contributed by atoms with Crippen LogP contribution in [0.2, 0.25) is 0 Å². The highest BCUT2D eigenvalue weighted by Crippen LogP contribution is 2.23. The lowest BCUT2D eigenvalue weighted by atomic mass is 10.0. The van der Waals surface area contributed by atoms with Crippen LogP contribution >= 0.6 is 0 Å². The standard InChI is InChI=1S/C18H28N2O3/c1-14-6-5-7-15(12-14)16(13-21)19-8-10-20(11-9-19)17(22)23-18(2,3)4/h5-7,12,16,21H,8-11,13H2,1-4H3. The lowest BCUT2D eigenvalue weighted by Crippen LogP contribution is -2.51. The molecule has 1 amide bonds. The number of piperazine rings is 1. The summed E-state index contributed by atoms with van der Waals surface area (Å²) in [6.45, 7) is 10.5. The minimum absolute atomic E-state index is 0.0179. The predicted octanol–water partition coefficient (Wildman–Crippen LogP) is 2.58. The van der Waals surface area contributed by atoms with Gasteiger partial charge in [-0.3, -0.25) is 4.90 Å². The van der Waals surface area contributed by atoms with Crippen molar-refractivity contribution in [2.75, 3.05) is 32.8 Å². The molecule has 0 bridgehead atoms. The van der Waals surface area contributed by atoms with E-state index in [1.165, 1.54) is 5.56 Å². The third-order valence-corrected chi connectivity index (χ3v) is 4.01. The Bertz CT molecular complexity index is 531. The third-order valence-electron chi connectivity index (χ3n) is 4.01. The van der Waals surface area contributed by atoms with Crippen LogP contribution in [-0.2, 0) is 4.74 Å². The van der Waals surface area contributed by atoms with E-state index in [9.17, 15) is 9.90 Å². The molecule has 0 saturated carbocycles. The molecule has 0 aliphatic carbocycles. The first-order chi connectivity index (χ1) is 10.8. The number of ether oxygens (including phenoxy) is 1. The van der Waals surface area contributed by atoms with Gasteiger partial charge in [0.25, 0.3) is 0 Å². The van der Waals surface area contributed by atoms with Gasteiger partial charge in [0.2, 0.25) is 0 Å². The van der Waals surface area contributed by atoms with E-state index in [1.54, 1.807) is 4.90 Å². The summed E-state index contributed by atoms with van der Waals surface area (Å²) in [5, 5.41) is 9.80. The Hall–Kier alpha value is -1.59. The molecule has 0 aromatic heterocycles. The number of aliphatic hydroxyl groups excluding tert-OH is 1. The van der Waals surface area contributed by atoms with Crippen LogP contribution in [0.15, 0.2) is 24.3 Å². The van der Waals surface area contributed by atoms with Gasteiger partial charge < -0.3 is 14.7 Å². The number of aryl methyl sites for hydroxylation is 1. The van der Waals surface area contributed by atoms with Crippen LogP contribution in [0.3, 0.4) is 0 Å². The molecule has 1 N–H and O–H groups in total. The molecule has 1 heterocycles. The molecule has 23 heavy (non-hydrogen) atoms. The van der Waals surface area contributed by atoms with E-state index in [2.05, 4.69) is 24.0 Å². The Morgan fingerprint density at radius 3 is 2.43 bits per heavy atom. The molecule has 1 aromatic rings. The zero-order chi connectivity index (χ0) is 17.0. The van der Waals surface area contributed by atoms with Gasteiger partial charge in [-0.05, 0) is 33.3 Å². The fourth-order valence-electron chi connectivity index (χ4n) is 2.85. The number of aliphatic hydroxyl groups is 1. The average molecular weight is 320 g/mol. The molecule has 1 aromatic carbocycles. The Morgan fingerprint density at radius 2 is 1.91 bits per heavy atom. The van der Waals surface area contributed by atoms with Crippen molar-refractivity contribution in [1.82, 2.24) is 9.80 Å². The van der Waals surface area contributed by atoms with Crippen molar-refractivity contribution in [3.05, 3.63) is 35.4 Å². The number of benzene rings is 1. The Balaban J connectivity index is 1.96. The van der Waals surface area contributed by atoms with Crippen molar-refractivity contribution >= 4 is 6.09 Å². The molecule has 1 saturated heterocycles. The van der Waals surface area contributed by atoms with Crippen molar-refractivity contribution in [2.45, 2.75) is 39.3 Å². The molecular formula is C18H28N2O3. The zero-order valence-electron chi connectivity index (χ0n) is 14.6. The van der Waals surface area contributed by atoms with Gasteiger partial charge in [-0.2, -0.15) is 0 Å². The zero-order valence-corrected chi connectivity index (χ0v) is 14.6. The SMILES string of the molecule is Cc1cccc(C(CO)N2CCN(C(=O)OC(C)(C)C)CC2)c1. The number of carbonyl (C=O) groups is 1. The summed E-state index contributed by atoms with van der Waals surface area (Å²) in [6.07, 6.45) is -0.256. The monoisotopic (exact) mass is 320 g/mol. The maximum absolute atomic E-state index is 12.1. The van der Waals surface area contributed by atoms with Crippen molar-refractivity contribution in [3.8, 4) is 0 Å². The molecule has 5 heteroatoms. The fraction of sp³-hybridized carbons (Fsp3) is 0.611. The highest BCUT2D eigenvalue weighted by atomic mass is 16.6. The molecule has 1 atom stereocenters. The van der Waals surface area contributed by atoms with Crippen molar-refractivity contribution in [1.29, 1.82) is 0 Å². The van der Waals surface area contributed by atoms with E-state index >= 15 is 0 Å². The highest BCUT2D eigenvalue weighted by molar-refractivity contribution is 5.68. The van der Waals surface area contributed by atoms with E-state index < -0.39 is 5.60 Å². The van der Waals surface area contributed by atoms with Crippen molar-refractivity contribution < 1.29 is 14.6 Å². The molecule has 1 unspecified atom stereocenters. The van der Waals surface area contributed by atoms with Crippen molar-refractivity contribution in [2.24, 2.45) is 0 Å². The first kappa shape index (κ1) is 17.8. The summed E-state index contributed by atoms with van der Waals surface area (Å²) in [4.78, 5) is 16.1. The molecule has 1 fully saturated rings. The van der Waals surface area contributed by atoms with Gasteiger partial charge in [-0.25, -0.2) is 4.79 Å². The van der Waals surface area contributed by atoms with Gasteiger partial charge >= 0.3 is 6.09 Å². The van der Waals surface area contributed by atoms with Gasteiger partial charge in [0.15, 0.2) is 0 Å². The van der Waals surface area contributed by atoms with Crippen LogP contribution in [0.25, 0.3) is 0 Å². The summed E-state index contributed by atoms with van der Waals surface area (Å²) in [5.41, 5.74) is 1.84. The maximum atomic E-state index is 12.1. The van der Waals surface area contributed by atoms with Gasteiger partial charge in [0.05, 0.1) is 12.6 Å². The number of nitrogens with zero attached hydrogens (tertiary/aromatic N) is 2. The minimum atomic E-state index is -0.469. The molecule has 5 nitrogen and oxygen atoms in total. The number of rotatable bonds is 3. The number of hydrogen-bond acceptors (Lipinski definition) is 4. The Morgan fingerprint density at radius 1 is 1.26 bits per heavy atom. The normalized spacial score (nSPS) is 17.9. The summed E-state index contributed by atoms with van der Waals surface area (Å²) in [5.74, 6) is 0. The van der Waals surface area contributed by atoms with E-state index in [0.29, 0.717) is 13.1 Å². The fourth-order valence-corrected chi connectivity index (χ4v) is 2.85. The highest BCUT2D eigenvalue weighted by Gasteiger charge is 2.29. The van der Waals surface area contributed by atoms with Gasteiger partial charge in [0, 0.05) is 26.2 Å². The van der Waals surface area contributed by atoms with E-state index in [-0.39, 0.29) is 18.7 Å². The molecular weight excluding hydrogens is 292 g/mol. The largest absolute Gasteiger partial charge is 0.444 e. The van der Waals surface area contributed by atoms with E-state index in [0.717, 1.165) is 18.7 Å². The van der Waals surface area contributed by atoms with Gasteiger partial charge in [-0.1, -0.05) is 29.8 Å². The van der Waals surface area contributed by atoms with Gasteiger partial charge in [0.1, 0.15) is 5.60 Å². The molecule has 1 aliphatic heterocycles. The number of hydrogen-bond donors (Lipinski definition) is 1. The van der Waals surface area contributed by atoms with E-state index in [4.69, 9.17) is 4.74 Å². The predicted molar refractivity (Wildman–Crippen MR) is 90.4 cm³/mol. The molecule has 0 spiro atoms. The number of carbonyl (C=O) groups excluding carboxylic acids is 1. The maximum Gasteiger partial charge on any atom is 0.410 e. The Kier molecular flexibility index (Phi) is 5.65. The first-order valence-electron chi connectivity index (χ1n) is 8.19. The minimum Gasteiger partial charge on any atom is -0.444 e. The quantitative estimate of drug-likeness (QED) is 0.930. The second-order valence-corrected chi connectivity index (χ2v) is 7.12. The topological polar surface area (TPSA) is 53.0 Å². The van der Waals surface area contributed by atoms with Crippen molar-refractivity contribution in [3.63, 3.8) is 0 Å². The average Bonchev–Trinajstić information content (AvgIpc) is 2.47. The van der Waals surface area contributed by atoms with Crippen LogP contribution in [0.5, 0.6) is 0 Å². The summed E-state index contributed by atoms with van der Waals surface area (Å²) in [7, 11) is 0. The van der Waals surface area contributed by atoms with E-state index in [1.807, 2.05) is 32.9 Å². The molecule has 2 rings (SSSR count). The number of amides is 1. The van der Waals surface area contributed by atoms with Crippen LogP contribution < -0.4 is 0 Å². The second kappa shape index (κ2) is 7.32. The van der Waals surface area contributed by atoms with Gasteiger partial charge in [-0.15, -0.1) is 0 Å². The second-order valence-electron chi connectivity index (χ2n) is 7.12. The summed E-state index contributed by atoms with van der Waals surface area (Å²) >= 11 is 0. The lowest BCUT2D eigenvalue weighted by Gasteiger charge is -2.39. The lowest BCUT2D eigenvalue weighted by molar-refractivity contribution is 0.00658. The summed E-state index contributed by atoms with van der Waals surface area (Å²) < 4.78 is 5.42. The van der Waals surface area contributed by atoms with Crippen LogP contribution in [0, 0.1) is 6.92 Å². The van der Waals surface area contributed by atoms with Crippen LogP contribution in [0.1, 0.15) is 37.9 Å².